The van der Waals surface area contributed by atoms with Crippen LogP contribution in [0, 0.1) is 0 Å². The molecule has 1 aliphatic rings. The number of hydrogen-bond acceptors (Lipinski definition) is 5. The molecule has 154 valence electrons. The molecule has 2 aromatic carbocycles. The molecule has 0 unspecified atom stereocenters. The standard InChI is InChI=1S/C22H21N3O5/c1-3-15-6-4-5-7-17(15)23-19(26)13-25-20(27)18(24-22(25)29)12-14-8-10-16(11-9-14)21(28)30-2/h4-12H,3,13H2,1-2H3,(H,23,26)(H,24,29)/b18-12+. The average molecular weight is 407 g/mol. The van der Waals surface area contributed by atoms with Crippen LogP contribution in [-0.4, -0.2) is 42.4 Å². The normalized spacial score (nSPS) is 14.6. The Hall–Kier alpha value is -3.94. The maximum absolute atomic E-state index is 12.6. The molecule has 1 aliphatic heterocycles. The minimum absolute atomic E-state index is 0.0487. The number of amides is 4. The van der Waals surface area contributed by atoms with E-state index in [0.717, 1.165) is 16.9 Å². The minimum atomic E-state index is -0.670. The molecule has 30 heavy (non-hydrogen) atoms. The SMILES string of the molecule is CCc1ccccc1NC(=O)CN1C(=O)N/C(=C/c2ccc(C(=O)OC)cc2)C1=O. The van der Waals surface area contributed by atoms with Crippen LogP contribution in [0.4, 0.5) is 10.5 Å². The molecule has 0 bridgehead atoms. The van der Waals surface area contributed by atoms with Crippen LogP contribution in [0.3, 0.4) is 0 Å². The van der Waals surface area contributed by atoms with Crippen molar-refractivity contribution >= 4 is 35.6 Å². The van der Waals surface area contributed by atoms with Gasteiger partial charge in [-0.05, 0) is 41.8 Å². The number of carbonyl (C=O) groups is 4. The summed E-state index contributed by atoms with van der Waals surface area (Å²) in [6.45, 7) is 1.57. The summed E-state index contributed by atoms with van der Waals surface area (Å²) in [5.74, 6) is -1.54. The van der Waals surface area contributed by atoms with Gasteiger partial charge in [-0.25, -0.2) is 14.5 Å². The number of methoxy groups -OCH3 is 1. The first kappa shape index (κ1) is 20.8. The summed E-state index contributed by atoms with van der Waals surface area (Å²) in [5, 5.41) is 5.21. The van der Waals surface area contributed by atoms with Gasteiger partial charge in [0.15, 0.2) is 0 Å². The van der Waals surface area contributed by atoms with Gasteiger partial charge in [-0.2, -0.15) is 0 Å². The van der Waals surface area contributed by atoms with Crippen molar-refractivity contribution in [2.75, 3.05) is 19.0 Å². The first-order valence-corrected chi connectivity index (χ1v) is 9.33. The van der Waals surface area contributed by atoms with E-state index in [-0.39, 0.29) is 5.70 Å². The summed E-state index contributed by atoms with van der Waals surface area (Å²) in [7, 11) is 1.29. The number of esters is 1. The number of ether oxygens (including phenoxy) is 1. The van der Waals surface area contributed by atoms with Crippen LogP contribution in [0.5, 0.6) is 0 Å². The number of nitrogens with zero attached hydrogens (tertiary/aromatic N) is 1. The van der Waals surface area contributed by atoms with E-state index in [1.54, 1.807) is 36.4 Å². The Kier molecular flexibility index (Phi) is 6.26. The van der Waals surface area contributed by atoms with Crippen molar-refractivity contribution in [3.05, 3.63) is 70.9 Å². The highest BCUT2D eigenvalue weighted by Gasteiger charge is 2.35. The van der Waals surface area contributed by atoms with Gasteiger partial charge in [0, 0.05) is 5.69 Å². The highest BCUT2D eigenvalue weighted by Crippen LogP contribution is 2.17. The number of aryl methyl sites for hydroxylation is 1. The summed E-state index contributed by atoms with van der Waals surface area (Å²) in [4.78, 5) is 49.5. The zero-order valence-electron chi connectivity index (χ0n) is 16.6. The second-order valence-electron chi connectivity index (χ2n) is 6.55. The molecule has 8 heteroatoms. The molecule has 2 aromatic rings. The van der Waals surface area contributed by atoms with Gasteiger partial charge in [-0.1, -0.05) is 37.3 Å². The summed E-state index contributed by atoms with van der Waals surface area (Å²) < 4.78 is 4.64. The van der Waals surface area contributed by atoms with Gasteiger partial charge < -0.3 is 15.4 Å². The zero-order chi connectivity index (χ0) is 21.7. The highest BCUT2D eigenvalue weighted by molar-refractivity contribution is 6.16. The maximum Gasteiger partial charge on any atom is 0.337 e. The molecule has 4 amide bonds. The quantitative estimate of drug-likeness (QED) is 0.435. The van der Waals surface area contributed by atoms with Gasteiger partial charge in [-0.3, -0.25) is 9.59 Å². The minimum Gasteiger partial charge on any atom is -0.465 e. The Morgan fingerprint density at radius 3 is 2.47 bits per heavy atom. The Balaban J connectivity index is 1.69. The molecule has 0 spiro atoms. The number of rotatable bonds is 6. The van der Waals surface area contributed by atoms with E-state index in [0.29, 0.717) is 16.8 Å². The van der Waals surface area contributed by atoms with Crippen molar-refractivity contribution in [2.24, 2.45) is 0 Å². The second kappa shape index (κ2) is 9.04. The smallest absolute Gasteiger partial charge is 0.337 e. The Labute approximate surface area is 173 Å². The van der Waals surface area contributed by atoms with E-state index in [2.05, 4.69) is 15.4 Å². The Morgan fingerprint density at radius 1 is 1.10 bits per heavy atom. The van der Waals surface area contributed by atoms with E-state index in [4.69, 9.17) is 0 Å². The fourth-order valence-electron chi connectivity index (χ4n) is 3.00. The van der Waals surface area contributed by atoms with Gasteiger partial charge in [0.05, 0.1) is 12.7 Å². The summed E-state index contributed by atoms with van der Waals surface area (Å²) in [6, 6.07) is 13.0. The van der Waals surface area contributed by atoms with Gasteiger partial charge in [0.25, 0.3) is 5.91 Å². The second-order valence-corrected chi connectivity index (χ2v) is 6.55. The van der Waals surface area contributed by atoms with Crippen LogP contribution in [0.2, 0.25) is 0 Å². The molecule has 1 fully saturated rings. The first-order chi connectivity index (χ1) is 14.4. The number of hydrogen-bond donors (Lipinski definition) is 2. The molecule has 1 saturated heterocycles. The molecule has 0 saturated carbocycles. The lowest BCUT2D eigenvalue weighted by Gasteiger charge is -2.13. The molecule has 0 atom stereocenters. The topological polar surface area (TPSA) is 105 Å². The maximum atomic E-state index is 12.6. The summed E-state index contributed by atoms with van der Waals surface area (Å²) in [5.41, 5.74) is 2.63. The van der Waals surface area contributed by atoms with Crippen LogP contribution < -0.4 is 10.6 Å². The van der Waals surface area contributed by atoms with Gasteiger partial charge in [0.1, 0.15) is 12.2 Å². The van der Waals surface area contributed by atoms with Crippen molar-refractivity contribution in [3.8, 4) is 0 Å². The fraction of sp³-hybridized carbons (Fsp3) is 0.182. The third-order valence-electron chi connectivity index (χ3n) is 4.58. The van der Waals surface area contributed by atoms with Gasteiger partial charge in [-0.15, -0.1) is 0 Å². The molecular formula is C22H21N3O5. The van der Waals surface area contributed by atoms with Crippen molar-refractivity contribution in [1.29, 1.82) is 0 Å². The molecule has 0 radical (unpaired) electrons. The van der Waals surface area contributed by atoms with E-state index in [9.17, 15) is 19.2 Å². The highest BCUT2D eigenvalue weighted by atomic mass is 16.5. The van der Waals surface area contributed by atoms with Crippen LogP contribution in [-0.2, 0) is 20.7 Å². The van der Waals surface area contributed by atoms with Gasteiger partial charge >= 0.3 is 12.0 Å². The van der Waals surface area contributed by atoms with E-state index in [1.807, 2.05) is 19.1 Å². The molecule has 3 rings (SSSR count). The zero-order valence-corrected chi connectivity index (χ0v) is 16.6. The monoisotopic (exact) mass is 407 g/mol. The molecule has 0 aromatic heterocycles. The van der Waals surface area contributed by atoms with Crippen LogP contribution in [0.25, 0.3) is 6.08 Å². The molecular weight excluding hydrogens is 386 g/mol. The van der Waals surface area contributed by atoms with Crippen molar-refractivity contribution in [1.82, 2.24) is 10.2 Å². The number of urea groups is 1. The van der Waals surface area contributed by atoms with Crippen LogP contribution in [0.15, 0.2) is 54.2 Å². The lowest BCUT2D eigenvalue weighted by atomic mass is 10.1. The van der Waals surface area contributed by atoms with E-state index < -0.39 is 30.4 Å². The van der Waals surface area contributed by atoms with Crippen LogP contribution in [0.1, 0.15) is 28.4 Å². The number of carbonyl (C=O) groups excluding carboxylic acids is 4. The predicted octanol–water partition coefficient (Wildman–Crippen LogP) is 2.57. The third kappa shape index (κ3) is 4.54. The van der Waals surface area contributed by atoms with E-state index in [1.165, 1.54) is 13.2 Å². The lowest BCUT2D eigenvalue weighted by Crippen LogP contribution is -2.38. The van der Waals surface area contributed by atoms with Crippen molar-refractivity contribution < 1.29 is 23.9 Å². The number of para-hydroxylation sites is 1. The number of imide groups is 1. The molecule has 1 heterocycles. The Bertz CT molecular complexity index is 1030. The third-order valence-corrected chi connectivity index (χ3v) is 4.58. The molecule has 2 N–H and O–H groups in total. The Morgan fingerprint density at radius 2 is 1.80 bits per heavy atom. The first-order valence-electron chi connectivity index (χ1n) is 9.33. The molecule has 8 nitrogen and oxygen atoms in total. The average Bonchev–Trinajstić information content (AvgIpc) is 3.01. The fourth-order valence-corrected chi connectivity index (χ4v) is 3.00. The largest absolute Gasteiger partial charge is 0.465 e. The summed E-state index contributed by atoms with van der Waals surface area (Å²) >= 11 is 0. The predicted molar refractivity (Wildman–Crippen MR) is 110 cm³/mol. The summed E-state index contributed by atoms with van der Waals surface area (Å²) in [6.07, 6.45) is 2.22. The van der Waals surface area contributed by atoms with E-state index >= 15 is 0 Å². The lowest BCUT2D eigenvalue weighted by molar-refractivity contribution is -0.127. The number of anilines is 1. The van der Waals surface area contributed by atoms with Crippen molar-refractivity contribution in [2.45, 2.75) is 13.3 Å². The number of nitrogens with one attached hydrogen (secondary N) is 2. The number of benzene rings is 2. The van der Waals surface area contributed by atoms with Crippen molar-refractivity contribution in [3.63, 3.8) is 0 Å². The van der Waals surface area contributed by atoms with Crippen LogP contribution >= 0.6 is 0 Å². The molecule has 0 aliphatic carbocycles. The van der Waals surface area contributed by atoms with Gasteiger partial charge in [0.2, 0.25) is 5.91 Å².